The molecule has 0 bridgehead atoms. The van der Waals surface area contributed by atoms with Crippen molar-refractivity contribution in [2.24, 2.45) is 11.8 Å². The Morgan fingerprint density at radius 3 is 2.30 bits per heavy atom. The molecule has 3 N–H and O–H groups in total. The molecule has 0 unspecified atom stereocenters. The van der Waals surface area contributed by atoms with Crippen LogP contribution in [0.4, 0.5) is 4.79 Å². The molecule has 1 heterocycles. The van der Waals surface area contributed by atoms with Crippen LogP contribution in [0.25, 0.3) is 0 Å². The van der Waals surface area contributed by atoms with Gasteiger partial charge in [-0.25, -0.2) is 4.79 Å². The zero-order valence-corrected chi connectivity index (χ0v) is 20.2. The van der Waals surface area contributed by atoms with Crippen molar-refractivity contribution in [1.82, 2.24) is 15.6 Å². The highest BCUT2D eigenvalue weighted by atomic mass is 16.6. The van der Waals surface area contributed by atoms with E-state index in [4.69, 9.17) is 4.74 Å². The number of amides is 2. The van der Waals surface area contributed by atoms with E-state index in [1.165, 1.54) is 0 Å². The summed E-state index contributed by atoms with van der Waals surface area (Å²) in [6, 6.07) is 12.7. The first-order valence-corrected chi connectivity index (χ1v) is 11.4. The van der Waals surface area contributed by atoms with Crippen molar-refractivity contribution in [3.05, 3.63) is 66.0 Å². The second-order valence-corrected chi connectivity index (χ2v) is 9.68. The second-order valence-electron chi connectivity index (χ2n) is 9.68. The molecule has 3 atom stereocenters. The van der Waals surface area contributed by atoms with Gasteiger partial charge >= 0.3 is 6.09 Å². The molecule has 0 spiro atoms. The molecule has 0 aliphatic rings. The van der Waals surface area contributed by atoms with Crippen LogP contribution in [0.5, 0.6) is 0 Å². The lowest BCUT2D eigenvalue weighted by Gasteiger charge is -2.30. The van der Waals surface area contributed by atoms with E-state index in [0.717, 1.165) is 11.1 Å². The summed E-state index contributed by atoms with van der Waals surface area (Å²) in [5.41, 5.74) is 1.22. The molecular weight excluding hydrogens is 418 g/mol. The number of aliphatic hydroxyl groups is 1. The van der Waals surface area contributed by atoms with Crippen molar-refractivity contribution < 1.29 is 19.4 Å². The van der Waals surface area contributed by atoms with E-state index >= 15 is 0 Å². The number of alkyl carbamates (subject to hydrolysis) is 1. The van der Waals surface area contributed by atoms with Crippen molar-refractivity contribution >= 4 is 12.0 Å². The van der Waals surface area contributed by atoms with E-state index in [-0.39, 0.29) is 18.2 Å². The van der Waals surface area contributed by atoms with E-state index in [1.807, 2.05) is 56.3 Å². The molecule has 0 aliphatic heterocycles. The number of aliphatic hydroxyl groups excluding tert-OH is 1. The molecule has 1 aromatic heterocycles. The first-order chi connectivity index (χ1) is 15.5. The van der Waals surface area contributed by atoms with Gasteiger partial charge in [-0.05, 0) is 56.7 Å². The van der Waals surface area contributed by atoms with Gasteiger partial charge in [-0.15, -0.1) is 0 Å². The van der Waals surface area contributed by atoms with Crippen LogP contribution in [0.15, 0.2) is 54.9 Å². The van der Waals surface area contributed by atoms with Crippen molar-refractivity contribution in [1.29, 1.82) is 0 Å². The monoisotopic (exact) mass is 455 g/mol. The number of carbonyl (C=O) groups excluding carboxylic acids is 2. The topological polar surface area (TPSA) is 101 Å². The normalized spacial score (nSPS) is 14.3. The van der Waals surface area contributed by atoms with Gasteiger partial charge < -0.3 is 20.5 Å². The van der Waals surface area contributed by atoms with Crippen LogP contribution >= 0.6 is 0 Å². The molecular formula is C26H37N3O4. The summed E-state index contributed by atoms with van der Waals surface area (Å²) in [5, 5.41) is 16.9. The number of hydrogen-bond donors (Lipinski definition) is 3. The number of benzene rings is 1. The number of hydrogen-bond acceptors (Lipinski definition) is 5. The second kappa shape index (κ2) is 12.3. The minimum Gasteiger partial charge on any atom is -0.444 e. The van der Waals surface area contributed by atoms with Gasteiger partial charge in [0.15, 0.2) is 0 Å². The van der Waals surface area contributed by atoms with Gasteiger partial charge in [0, 0.05) is 24.9 Å². The van der Waals surface area contributed by atoms with Crippen molar-refractivity contribution in [3.63, 3.8) is 0 Å². The predicted octanol–water partition coefficient (Wildman–Crippen LogP) is 3.86. The fraction of sp³-hybridized carbons (Fsp3) is 0.500. The van der Waals surface area contributed by atoms with Crippen LogP contribution in [0.2, 0.25) is 0 Å². The Labute approximate surface area is 197 Å². The van der Waals surface area contributed by atoms with Gasteiger partial charge in [-0.3, -0.25) is 9.78 Å². The minimum atomic E-state index is -0.936. The zero-order valence-electron chi connectivity index (χ0n) is 20.2. The van der Waals surface area contributed by atoms with Gasteiger partial charge in [-0.1, -0.05) is 50.2 Å². The molecule has 0 saturated heterocycles. The Morgan fingerprint density at radius 1 is 1.06 bits per heavy atom. The number of rotatable bonds is 10. The maximum atomic E-state index is 12.9. The first kappa shape index (κ1) is 26.3. The summed E-state index contributed by atoms with van der Waals surface area (Å²) in [6.45, 7) is 9.64. The summed E-state index contributed by atoms with van der Waals surface area (Å²) in [7, 11) is 0. The van der Waals surface area contributed by atoms with E-state index in [1.54, 1.807) is 33.2 Å². The van der Waals surface area contributed by atoms with Crippen LogP contribution < -0.4 is 10.6 Å². The third kappa shape index (κ3) is 9.61. The summed E-state index contributed by atoms with van der Waals surface area (Å²) in [4.78, 5) is 29.4. The largest absolute Gasteiger partial charge is 0.444 e. The molecule has 1 aromatic carbocycles. The van der Waals surface area contributed by atoms with Gasteiger partial charge in [0.05, 0.1) is 12.1 Å². The van der Waals surface area contributed by atoms with E-state index < -0.39 is 29.8 Å². The first-order valence-electron chi connectivity index (χ1n) is 11.4. The number of carbonyl (C=O) groups is 2. The third-order valence-electron chi connectivity index (χ3n) is 5.29. The molecule has 0 saturated carbocycles. The van der Waals surface area contributed by atoms with Crippen LogP contribution in [0.3, 0.4) is 0 Å². The Morgan fingerprint density at radius 2 is 1.73 bits per heavy atom. The highest BCUT2D eigenvalue weighted by Crippen LogP contribution is 2.21. The molecule has 2 rings (SSSR count). The minimum absolute atomic E-state index is 0.00690. The van der Waals surface area contributed by atoms with Crippen LogP contribution in [-0.2, 0) is 22.5 Å². The molecule has 7 heteroatoms. The number of nitrogens with zero attached hydrogens (tertiary/aromatic N) is 1. The standard InChI is InChI=1S/C26H37N3O4/c1-18(2)21(24(31)28-17-20-12-9-13-27-16-20)15-23(30)22(14-19-10-7-6-8-11-19)29-25(32)33-26(3,4)5/h6-13,16,18,21-23,30H,14-15,17H2,1-5H3,(H,28,31)(H,29,32)/t21-,22+,23+/m1/s1. The maximum absolute atomic E-state index is 12.9. The van der Waals surface area contributed by atoms with E-state index in [9.17, 15) is 14.7 Å². The lowest BCUT2D eigenvalue weighted by molar-refractivity contribution is -0.127. The average Bonchev–Trinajstić information content (AvgIpc) is 2.75. The summed E-state index contributed by atoms with van der Waals surface area (Å²) >= 11 is 0. The lowest BCUT2D eigenvalue weighted by Crippen LogP contribution is -2.48. The fourth-order valence-corrected chi connectivity index (χ4v) is 3.54. The van der Waals surface area contributed by atoms with Crippen molar-refractivity contribution in [2.45, 2.75) is 71.8 Å². The molecule has 2 aromatic rings. The fourth-order valence-electron chi connectivity index (χ4n) is 3.54. The van der Waals surface area contributed by atoms with E-state index in [0.29, 0.717) is 13.0 Å². The molecule has 0 radical (unpaired) electrons. The van der Waals surface area contributed by atoms with Crippen LogP contribution in [0.1, 0.15) is 52.2 Å². The quantitative estimate of drug-likeness (QED) is 0.505. The van der Waals surface area contributed by atoms with Crippen LogP contribution in [-0.4, -0.2) is 39.8 Å². The SMILES string of the molecule is CC(C)[C@@H](C[C@H](O)[C@H](Cc1ccccc1)NC(=O)OC(C)(C)C)C(=O)NCc1cccnc1. The highest BCUT2D eigenvalue weighted by Gasteiger charge is 2.31. The number of ether oxygens (including phenoxy) is 1. The molecule has 0 aliphatic carbocycles. The Bertz CT molecular complexity index is 866. The number of nitrogens with one attached hydrogen (secondary N) is 2. The highest BCUT2D eigenvalue weighted by molar-refractivity contribution is 5.79. The predicted molar refractivity (Wildman–Crippen MR) is 128 cm³/mol. The van der Waals surface area contributed by atoms with Gasteiger partial charge in [0.25, 0.3) is 0 Å². The van der Waals surface area contributed by atoms with Crippen molar-refractivity contribution in [3.8, 4) is 0 Å². The van der Waals surface area contributed by atoms with E-state index in [2.05, 4.69) is 15.6 Å². The smallest absolute Gasteiger partial charge is 0.407 e. The Hall–Kier alpha value is -2.93. The molecule has 2 amide bonds. The Balaban J connectivity index is 2.09. The van der Waals surface area contributed by atoms with Crippen LogP contribution in [0, 0.1) is 11.8 Å². The Kier molecular flexibility index (Phi) is 9.85. The molecule has 0 fully saturated rings. The molecule has 180 valence electrons. The third-order valence-corrected chi connectivity index (χ3v) is 5.29. The summed E-state index contributed by atoms with van der Waals surface area (Å²) in [5.74, 6) is -0.550. The lowest BCUT2D eigenvalue weighted by atomic mass is 9.86. The summed E-state index contributed by atoms with van der Waals surface area (Å²) in [6.07, 6.45) is 2.50. The van der Waals surface area contributed by atoms with Gasteiger partial charge in [-0.2, -0.15) is 0 Å². The number of aromatic nitrogens is 1. The average molecular weight is 456 g/mol. The maximum Gasteiger partial charge on any atom is 0.407 e. The molecule has 33 heavy (non-hydrogen) atoms. The molecule has 7 nitrogen and oxygen atoms in total. The number of pyridine rings is 1. The van der Waals surface area contributed by atoms with Gasteiger partial charge in [0.1, 0.15) is 5.60 Å². The van der Waals surface area contributed by atoms with Gasteiger partial charge in [0.2, 0.25) is 5.91 Å². The zero-order chi connectivity index (χ0) is 24.4. The summed E-state index contributed by atoms with van der Waals surface area (Å²) < 4.78 is 5.40. The van der Waals surface area contributed by atoms with Crippen molar-refractivity contribution in [2.75, 3.05) is 0 Å².